The summed E-state index contributed by atoms with van der Waals surface area (Å²) >= 11 is 0. The molecule has 1 N–H and O–H groups in total. The molecule has 1 atom stereocenters. The summed E-state index contributed by atoms with van der Waals surface area (Å²) in [7, 11) is 0. The van der Waals surface area contributed by atoms with Crippen LogP contribution in [-0.4, -0.2) is 9.97 Å². The van der Waals surface area contributed by atoms with E-state index in [4.69, 9.17) is 0 Å². The Hall–Kier alpha value is -1.81. The minimum Gasteiger partial charge on any atom is -0.304 e. The van der Waals surface area contributed by atoms with Crippen LogP contribution >= 0.6 is 0 Å². The van der Waals surface area contributed by atoms with Crippen LogP contribution in [0.1, 0.15) is 24.2 Å². The molecular formula is C13H14FN3. The summed E-state index contributed by atoms with van der Waals surface area (Å²) < 4.78 is 13.5. The van der Waals surface area contributed by atoms with Crippen LogP contribution in [-0.2, 0) is 6.54 Å². The van der Waals surface area contributed by atoms with Crippen LogP contribution < -0.4 is 5.32 Å². The molecule has 2 rings (SSSR count). The SMILES string of the molecule is CC(NCc1ccncn1)c1ccccc1F. The van der Waals surface area contributed by atoms with Crippen molar-refractivity contribution < 1.29 is 4.39 Å². The highest BCUT2D eigenvalue weighted by molar-refractivity contribution is 5.20. The van der Waals surface area contributed by atoms with Crippen molar-refractivity contribution in [2.75, 3.05) is 0 Å². The van der Waals surface area contributed by atoms with E-state index in [1.54, 1.807) is 18.3 Å². The molecular weight excluding hydrogens is 217 g/mol. The Balaban J connectivity index is 1.99. The average Bonchev–Trinajstić information content (AvgIpc) is 2.38. The number of hydrogen-bond acceptors (Lipinski definition) is 3. The van der Waals surface area contributed by atoms with Crippen molar-refractivity contribution in [2.24, 2.45) is 0 Å². The predicted molar refractivity (Wildman–Crippen MR) is 63.7 cm³/mol. The van der Waals surface area contributed by atoms with Gasteiger partial charge in [0.25, 0.3) is 0 Å². The number of rotatable bonds is 4. The van der Waals surface area contributed by atoms with Crippen LogP contribution in [0.4, 0.5) is 4.39 Å². The first-order valence-corrected chi connectivity index (χ1v) is 5.50. The third-order valence-electron chi connectivity index (χ3n) is 2.60. The van der Waals surface area contributed by atoms with Crippen molar-refractivity contribution in [1.82, 2.24) is 15.3 Å². The van der Waals surface area contributed by atoms with Gasteiger partial charge in [-0.2, -0.15) is 0 Å². The monoisotopic (exact) mass is 231 g/mol. The van der Waals surface area contributed by atoms with E-state index in [9.17, 15) is 4.39 Å². The van der Waals surface area contributed by atoms with E-state index >= 15 is 0 Å². The van der Waals surface area contributed by atoms with Gasteiger partial charge in [0.15, 0.2) is 0 Å². The average molecular weight is 231 g/mol. The van der Waals surface area contributed by atoms with Crippen LogP contribution in [0.15, 0.2) is 42.9 Å². The lowest BCUT2D eigenvalue weighted by Gasteiger charge is -2.14. The first-order chi connectivity index (χ1) is 8.27. The van der Waals surface area contributed by atoms with Gasteiger partial charge in [0.05, 0.1) is 5.69 Å². The van der Waals surface area contributed by atoms with Crippen LogP contribution in [0.2, 0.25) is 0 Å². The standard InChI is InChI=1S/C13H14FN3/c1-10(12-4-2-3-5-13(12)14)16-8-11-6-7-15-9-17-11/h2-7,9-10,16H,8H2,1H3. The quantitative estimate of drug-likeness (QED) is 0.878. The van der Waals surface area contributed by atoms with E-state index < -0.39 is 0 Å². The third kappa shape index (κ3) is 3.07. The smallest absolute Gasteiger partial charge is 0.127 e. The van der Waals surface area contributed by atoms with Gasteiger partial charge in [-0.1, -0.05) is 18.2 Å². The molecule has 0 saturated carbocycles. The molecule has 0 aliphatic heterocycles. The van der Waals surface area contributed by atoms with E-state index in [-0.39, 0.29) is 11.9 Å². The van der Waals surface area contributed by atoms with Crippen LogP contribution in [0.3, 0.4) is 0 Å². The molecule has 17 heavy (non-hydrogen) atoms. The zero-order valence-corrected chi connectivity index (χ0v) is 9.60. The molecule has 0 saturated heterocycles. The Morgan fingerprint density at radius 2 is 2.12 bits per heavy atom. The molecule has 1 aromatic carbocycles. The second-order valence-corrected chi connectivity index (χ2v) is 3.82. The number of aromatic nitrogens is 2. The second-order valence-electron chi connectivity index (χ2n) is 3.82. The van der Waals surface area contributed by atoms with Crippen molar-refractivity contribution in [1.29, 1.82) is 0 Å². The molecule has 0 aliphatic rings. The molecule has 1 heterocycles. The molecule has 0 amide bonds. The summed E-state index contributed by atoms with van der Waals surface area (Å²) in [5.41, 5.74) is 1.56. The fourth-order valence-corrected chi connectivity index (χ4v) is 1.62. The van der Waals surface area contributed by atoms with Crippen molar-refractivity contribution >= 4 is 0 Å². The fourth-order valence-electron chi connectivity index (χ4n) is 1.62. The van der Waals surface area contributed by atoms with Gasteiger partial charge in [0.1, 0.15) is 12.1 Å². The van der Waals surface area contributed by atoms with E-state index in [1.807, 2.05) is 19.1 Å². The van der Waals surface area contributed by atoms with Crippen LogP contribution in [0, 0.1) is 5.82 Å². The van der Waals surface area contributed by atoms with Crippen molar-refractivity contribution in [3.05, 3.63) is 59.9 Å². The Bertz CT molecular complexity index is 473. The highest BCUT2D eigenvalue weighted by Gasteiger charge is 2.09. The van der Waals surface area contributed by atoms with Crippen molar-refractivity contribution in [2.45, 2.75) is 19.5 Å². The molecule has 0 radical (unpaired) electrons. The third-order valence-corrected chi connectivity index (χ3v) is 2.60. The number of hydrogen-bond donors (Lipinski definition) is 1. The maximum atomic E-state index is 13.5. The molecule has 0 aliphatic carbocycles. The zero-order chi connectivity index (χ0) is 12.1. The molecule has 4 heteroatoms. The lowest BCUT2D eigenvalue weighted by molar-refractivity contribution is 0.524. The lowest BCUT2D eigenvalue weighted by Crippen LogP contribution is -2.19. The van der Waals surface area contributed by atoms with Crippen molar-refractivity contribution in [3.8, 4) is 0 Å². The van der Waals surface area contributed by atoms with Gasteiger partial charge in [-0.25, -0.2) is 14.4 Å². The maximum absolute atomic E-state index is 13.5. The van der Waals surface area contributed by atoms with Gasteiger partial charge in [-0.15, -0.1) is 0 Å². The van der Waals surface area contributed by atoms with Gasteiger partial charge in [0, 0.05) is 24.3 Å². The molecule has 88 valence electrons. The summed E-state index contributed by atoms with van der Waals surface area (Å²) in [5.74, 6) is -0.185. The Morgan fingerprint density at radius 1 is 1.29 bits per heavy atom. The maximum Gasteiger partial charge on any atom is 0.127 e. The van der Waals surface area contributed by atoms with Crippen molar-refractivity contribution in [3.63, 3.8) is 0 Å². The summed E-state index contributed by atoms with van der Waals surface area (Å²) in [6, 6.07) is 8.56. The van der Waals surface area contributed by atoms with Gasteiger partial charge < -0.3 is 5.32 Å². The topological polar surface area (TPSA) is 37.8 Å². The number of nitrogens with zero attached hydrogens (tertiary/aromatic N) is 2. The number of halogens is 1. The summed E-state index contributed by atoms with van der Waals surface area (Å²) in [5, 5.41) is 3.23. The molecule has 0 bridgehead atoms. The largest absolute Gasteiger partial charge is 0.304 e. The first-order valence-electron chi connectivity index (χ1n) is 5.50. The Morgan fingerprint density at radius 3 is 2.82 bits per heavy atom. The summed E-state index contributed by atoms with van der Waals surface area (Å²) in [6.07, 6.45) is 3.20. The van der Waals surface area contributed by atoms with Gasteiger partial charge in [-0.3, -0.25) is 0 Å². The molecule has 3 nitrogen and oxygen atoms in total. The van der Waals surface area contributed by atoms with E-state index in [2.05, 4.69) is 15.3 Å². The van der Waals surface area contributed by atoms with Crippen LogP contribution in [0.25, 0.3) is 0 Å². The molecule has 1 aromatic heterocycles. The minimum atomic E-state index is -0.185. The highest BCUT2D eigenvalue weighted by Crippen LogP contribution is 2.16. The molecule has 2 aromatic rings. The van der Waals surface area contributed by atoms with Gasteiger partial charge in [-0.05, 0) is 19.1 Å². The zero-order valence-electron chi connectivity index (χ0n) is 9.60. The minimum absolute atomic E-state index is 0.0498. The van der Waals surface area contributed by atoms with E-state index in [0.717, 1.165) is 5.69 Å². The molecule has 0 spiro atoms. The second kappa shape index (κ2) is 5.50. The van der Waals surface area contributed by atoms with Gasteiger partial charge >= 0.3 is 0 Å². The Labute approximate surface area is 99.7 Å². The predicted octanol–water partition coefficient (Wildman–Crippen LogP) is 2.47. The summed E-state index contributed by atoms with van der Waals surface area (Å²) in [6.45, 7) is 2.53. The number of nitrogens with one attached hydrogen (secondary N) is 1. The van der Waals surface area contributed by atoms with Gasteiger partial charge in [0.2, 0.25) is 0 Å². The van der Waals surface area contributed by atoms with E-state index in [0.29, 0.717) is 12.1 Å². The Kier molecular flexibility index (Phi) is 3.77. The summed E-state index contributed by atoms with van der Waals surface area (Å²) in [4.78, 5) is 7.95. The van der Waals surface area contributed by atoms with E-state index in [1.165, 1.54) is 12.4 Å². The lowest BCUT2D eigenvalue weighted by atomic mass is 10.1. The van der Waals surface area contributed by atoms with Crippen LogP contribution in [0.5, 0.6) is 0 Å². The molecule has 0 fully saturated rings. The first kappa shape index (κ1) is 11.7. The number of benzene rings is 1. The highest BCUT2D eigenvalue weighted by atomic mass is 19.1. The molecule has 1 unspecified atom stereocenters. The normalized spacial score (nSPS) is 12.4. The fraction of sp³-hybridized carbons (Fsp3) is 0.231.